The maximum atomic E-state index is 6.14. The molecule has 2 rings (SSSR count). The average Bonchev–Trinajstić information content (AvgIpc) is 2.60. The number of aromatic nitrogens is 2. The van der Waals surface area contributed by atoms with Crippen molar-refractivity contribution in [2.75, 3.05) is 11.1 Å². The summed E-state index contributed by atoms with van der Waals surface area (Å²) in [5.41, 5.74) is 8.38. The van der Waals surface area contributed by atoms with E-state index in [4.69, 9.17) is 28.9 Å². The van der Waals surface area contributed by atoms with Crippen LogP contribution >= 0.6 is 23.2 Å². The van der Waals surface area contributed by atoms with Crippen LogP contribution in [0.1, 0.15) is 25.5 Å². The molecule has 1 aromatic heterocycles. The first-order chi connectivity index (χ1) is 8.90. The van der Waals surface area contributed by atoms with Crippen LogP contribution in [0.5, 0.6) is 0 Å². The maximum Gasteiger partial charge on any atom is 0.152 e. The lowest BCUT2D eigenvalue weighted by molar-refractivity contribution is 0.718. The van der Waals surface area contributed by atoms with Crippen molar-refractivity contribution in [2.24, 2.45) is 7.05 Å². The zero-order chi connectivity index (χ0) is 14.2. The molecule has 19 heavy (non-hydrogen) atoms. The molecule has 0 spiro atoms. The highest BCUT2D eigenvalue weighted by Gasteiger charge is 2.16. The Kier molecular flexibility index (Phi) is 3.92. The van der Waals surface area contributed by atoms with E-state index in [1.165, 1.54) is 0 Å². The molecular formula is C13H16Cl2N4. The standard InChI is InChI=1S/C13H16Cl2N4/c1-7(2)12-11(16)13(19(3)18-12)17-10-5-4-8(14)6-9(10)15/h4-7,17H,16H2,1-3H3. The topological polar surface area (TPSA) is 55.9 Å². The first-order valence-electron chi connectivity index (χ1n) is 5.94. The van der Waals surface area contributed by atoms with Gasteiger partial charge in [0.2, 0.25) is 0 Å². The molecule has 4 nitrogen and oxygen atoms in total. The Morgan fingerprint density at radius 2 is 2.00 bits per heavy atom. The fraction of sp³-hybridized carbons (Fsp3) is 0.308. The van der Waals surface area contributed by atoms with Gasteiger partial charge in [-0.1, -0.05) is 37.0 Å². The summed E-state index contributed by atoms with van der Waals surface area (Å²) in [6, 6.07) is 5.26. The maximum absolute atomic E-state index is 6.14. The molecule has 0 aliphatic heterocycles. The number of nitrogens with one attached hydrogen (secondary N) is 1. The molecule has 0 radical (unpaired) electrons. The lowest BCUT2D eigenvalue weighted by Gasteiger charge is -2.10. The van der Waals surface area contributed by atoms with E-state index in [2.05, 4.69) is 24.3 Å². The lowest BCUT2D eigenvalue weighted by atomic mass is 10.1. The van der Waals surface area contributed by atoms with E-state index < -0.39 is 0 Å². The molecule has 0 bridgehead atoms. The summed E-state index contributed by atoms with van der Waals surface area (Å²) < 4.78 is 1.72. The van der Waals surface area contributed by atoms with Gasteiger partial charge in [-0.25, -0.2) is 0 Å². The highest BCUT2D eigenvalue weighted by atomic mass is 35.5. The third-order valence-electron chi connectivity index (χ3n) is 2.84. The second kappa shape index (κ2) is 5.31. The fourth-order valence-corrected chi connectivity index (χ4v) is 2.31. The number of nitrogens with zero attached hydrogens (tertiary/aromatic N) is 2. The van der Waals surface area contributed by atoms with Crippen molar-refractivity contribution in [2.45, 2.75) is 19.8 Å². The zero-order valence-electron chi connectivity index (χ0n) is 11.0. The number of hydrogen-bond acceptors (Lipinski definition) is 3. The van der Waals surface area contributed by atoms with Crippen molar-refractivity contribution in [3.05, 3.63) is 33.9 Å². The predicted molar refractivity (Wildman–Crippen MR) is 81.5 cm³/mol. The molecule has 0 saturated carbocycles. The van der Waals surface area contributed by atoms with Gasteiger partial charge in [-0.2, -0.15) is 5.10 Å². The summed E-state index contributed by atoms with van der Waals surface area (Å²) in [5, 5.41) is 8.74. The molecule has 102 valence electrons. The Morgan fingerprint density at radius 3 is 2.53 bits per heavy atom. The molecule has 0 aliphatic rings. The predicted octanol–water partition coefficient (Wildman–Crippen LogP) is 4.18. The quantitative estimate of drug-likeness (QED) is 0.894. The summed E-state index contributed by atoms with van der Waals surface area (Å²) in [6.45, 7) is 4.11. The number of hydrogen-bond donors (Lipinski definition) is 2. The van der Waals surface area contributed by atoms with Crippen molar-refractivity contribution in [1.82, 2.24) is 9.78 Å². The normalized spacial score (nSPS) is 11.1. The van der Waals surface area contributed by atoms with Crippen molar-refractivity contribution in [3.8, 4) is 0 Å². The summed E-state index contributed by atoms with van der Waals surface area (Å²) in [4.78, 5) is 0. The Labute approximate surface area is 122 Å². The average molecular weight is 299 g/mol. The number of halogens is 2. The van der Waals surface area contributed by atoms with Crippen LogP contribution in [0.2, 0.25) is 10.0 Å². The third-order valence-corrected chi connectivity index (χ3v) is 3.39. The van der Waals surface area contributed by atoms with Gasteiger partial charge >= 0.3 is 0 Å². The molecule has 0 aliphatic carbocycles. The molecule has 1 aromatic carbocycles. The van der Waals surface area contributed by atoms with Crippen LogP contribution in [0.15, 0.2) is 18.2 Å². The molecular weight excluding hydrogens is 283 g/mol. The first-order valence-corrected chi connectivity index (χ1v) is 6.70. The second-order valence-corrected chi connectivity index (χ2v) is 5.52. The van der Waals surface area contributed by atoms with Crippen molar-refractivity contribution in [3.63, 3.8) is 0 Å². The van der Waals surface area contributed by atoms with Crippen molar-refractivity contribution >= 4 is 40.4 Å². The zero-order valence-corrected chi connectivity index (χ0v) is 12.5. The summed E-state index contributed by atoms with van der Waals surface area (Å²) in [7, 11) is 1.84. The minimum atomic E-state index is 0.266. The van der Waals surface area contributed by atoms with E-state index in [-0.39, 0.29) is 5.92 Å². The summed E-state index contributed by atoms with van der Waals surface area (Å²) >= 11 is 12.0. The van der Waals surface area contributed by atoms with Crippen LogP contribution in [0.4, 0.5) is 17.2 Å². The highest BCUT2D eigenvalue weighted by Crippen LogP contribution is 2.33. The van der Waals surface area contributed by atoms with Gasteiger partial charge < -0.3 is 11.1 Å². The van der Waals surface area contributed by atoms with Gasteiger partial charge in [0.15, 0.2) is 5.82 Å². The second-order valence-electron chi connectivity index (χ2n) is 4.67. The monoisotopic (exact) mass is 298 g/mol. The molecule has 0 atom stereocenters. The lowest BCUT2D eigenvalue weighted by Crippen LogP contribution is -2.01. The Bertz CT molecular complexity index is 605. The summed E-state index contributed by atoms with van der Waals surface area (Å²) in [5.74, 6) is 0.996. The molecule has 0 unspecified atom stereocenters. The van der Waals surface area contributed by atoms with Gasteiger partial charge in [-0.05, 0) is 24.1 Å². The number of nitrogen functional groups attached to an aromatic ring is 1. The highest BCUT2D eigenvalue weighted by molar-refractivity contribution is 6.36. The van der Waals surface area contributed by atoms with E-state index in [1.54, 1.807) is 16.8 Å². The van der Waals surface area contributed by atoms with E-state index in [1.807, 2.05) is 13.1 Å². The van der Waals surface area contributed by atoms with Gasteiger partial charge in [-0.3, -0.25) is 4.68 Å². The third kappa shape index (κ3) is 2.80. The van der Waals surface area contributed by atoms with E-state index >= 15 is 0 Å². The number of rotatable bonds is 3. The number of benzene rings is 1. The van der Waals surface area contributed by atoms with Crippen molar-refractivity contribution in [1.29, 1.82) is 0 Å². The van der Waals surface area contributed by atoms with Gasteiger partial charge in [0.25, 0.3) is 0 Å². The Hall–Kier alpha value is -1.39. The van der Waals surface area contributed by atoms with Gasteiger partial charge in [-0.15, -0.1) is 0 Å². The molecule has 0 saturated heterocycles. The van der Waals surface area contributed by atoms with Crippen LogP contribution in [0, 0.1) is 0 Å². The smallest absolute Gasteiger partial charge is 0.152 e. The number of anilines is 3. The van der Waals surface area contributed by atoms with E-state index in [9.17, 15) is 0 Å². The Balaban J connectivity index is 2.38. The minimum Gasteiger partial charge on any atom is -0.394 e. The van der Waals surface area contributed by atoms with Crippen LogP contribution in [0.25, 0.3) is 0 Å². The molecule has 6 heteroatoms. The van der Waals surface area contributed by atoms with E-state index in [0.717, 1.165) is 17.2 Å². The summed E-state index contributed by atoms with van der Waals surface area (Å²) in [6.07, 6.45) is 0. The minimum absolute atomic E-state index is 0.266. The first kappa shape index (κ1) is 14.0. The van der Waals surface area contributed by atoms with Crippen LogP contribution in [-0.2, 0) is 7.05 Å². The van der Waals surface area contributed by atoms with E-state index in [0.29, 0.717) is 15.7 Å². The van der Waals surface area contributed by atoms with Gasteiger partial charge in [0, 0.05) is 12.1 Å². The molecule has 0 fully saturated rings. The van der Waals surface area contributed by atoms with Crippen LogP contribution in [0.3, 0.4) is 0 Å². The molecule has 0 amide bonds. The van der Waals surface area contributed by atoms with Gasteiger partial charge in [0.05, 0.1) is 22.1 Å². The number of nitrogens with two attached hydrogens (primary N) is 1. The Morgan fingerprint density at radius 1 is 1.32 bits per heavy atom. The molecule has 1 heterocycles. The van der Waals surface area contributed by atoms with Crippen LogP contribution in [-0.4, -0.2) is 9.78 Å². The molecule has 3 N–H and O–H groups in total. The largest absolute Gasteiger partial charge is 0.394 e. The molecule has 2 aromatic rings. The van der Waals surface area contributed by atoms with Crippen molar-refractivity contribution < 1.29 is 0 Å². The SMILES string of the molecule is CC(C)c1nn(C)c(Nc2ccc(Cl)cc2Cl)c1N. The fourth-order valence-electron chi connectivity index (χ4n) is 1.85. The number of aryl methyl sites for hydroxylation is 1. The van der Waals surface area contributed by atoms with Gasteiger partial charge in [0.1, 0.15) is 0 Å². The van der Waals surface area contributed by atoms with Crippen LogP contribution < -0.4 is 11.1 Å².